The number of anilines is 1. The molecule has 2 rings (SSSR count). The molecule has 20 heavy (non-hydrogen) atoms. The van der Waals surface area contributed by atoms with E-state index in [9.17, 15) is 0 Å². The number of halogens is 1. The number of nitrogens with two attached hydrogens (primary N) is 1. The minimum Gasteiger partial charge on any atom is -0.354 e. The van der Waals surface area contributed by atoms with Crippen molar-refractivity contribution in [3.63, 3.8) is 0 Å². The Bertz CT molecular complexity index is 430. The van der Waals surface area contributed by atoms with Gasteiger partial charge in [0.1, 0.15) is 5.82 Å². The fourth-order valence-corrected chi connectivity index (χ4v) is 3.07. The minimum atomic E-state index is 0.641. The van der Waals surface area contributed by atoms with Crippen molar-refractivity contribution in [3.05, 3.63) is 22.3 Å². The summed E-state index contributed by atoms with van der Waals surface area (Å²) in [6.45, 7) is 9.47. The van der Waals surface area contributed by atoms with Gasteiger partial charge >= 0.3 is 0 Å². The maximum atomic E-state index is 5.71. The van der Waals surface area contributed by atoms with Crippen molar-refractivity contribution in [2.45, 2.75) is 32.7 Å². The highest BCUT2D eigenvalue weighted by Crippen LogP contribution is 2.22. The van der Waals surface area contributed by atoms with Gasteiger partial charge in [-0.15, -0.1) is 0 Å². The van der Waals surface area contributed by atoms with E-state index >= 15 is 0 Å². The lowest BCUT2D eigenvalue weighted by Gasteiger charge is -2.39. The van der Waals surface area contributed by atoms with Crippen LogP contribution in [0.5, 0.6) is 0 Å². The number of hydrogen-bond donors (Lipinski definition) is 1. The topological polar surface area (TPSA) is 45.4 Å². The first-order valence-corrected chi connectivity index (χ1v) is 8.26. The second-order valence-corrected chi connectivity index (χ2v) is 6.31. The van der Waals surface area contributed by atoms with Gasteiger partial charge < -0.3 is 10.6 Å². The number of pyridine rings is 1. The van der Waals surface area contributed by atoms with Crippen molar-refractivity contribution in [3.8, 4) is 0 Å². The molecule has 4 nitrogen and oxygen atoms in total. The summed E-state index contributed by atoms with van der Waals surface area (Å²) >= 11 is 3.51. The molecular weight excluding hydrogens is 316 g/mol. The number of piperazine rings is 1. The maximum absolute atomic E-state index is 5.71. The first-order valence-electron chi connectivity index (χ1n) is 7.47. The van der Waals surface area contributed by atoms with Gasteiger partial charge in [0.2, 0.25) is 0 Å². The molecule has 0 radical (unpaired) electrons. The largest absolute Gasteiger partial charge is 0.354 e. The van der Waals surface area contributed by atoms with E-state index in [1.165, 1.54) is 12.0 Å². The SMILES string of the molecule is CCC(CCN)N1CCN(c2cc(C)c(Br)cn2)CC1. The number of rotatable bonds is 5. The highest BCUT2D eigenvalue weighted by molar-refractivity contribution is 9.10. The first kappa shape index (κ1) is 15.7. The van der Waals surface area contributed by atoms with Gasteiger partial charge in [0.15, 0.2) is 0 Å². The molecule has 0 bridgehead atoms. The van der Waals surface area contributed by atoms with Gasteiger partial charge in [-0.05, 0) is 53.9 Å². The number of nitrogens with zero attached hydrogens (tertiary/aromatic N) is 3. The van der Waals surface area contributed by atoms with E-state index in [4.69, 9.17) is 5.73 Å². The molecule has 2 heterocycles. The quantitative estimate of drug-likeness (QED) is 0.893. The summed E-state index contributed by atoms with van der Waals surface area (Å²) in [5.41, 5.74) is 6.95. The summed E-state index contributed by atoms with van der Waals surface area (Å²) in [5, 5.41) is 0. The lowest BCUT2D eigenvalue weighted by Crippen LogP contribution is -2.50. The van der Waals surface area contributed by atoms with Crippen molar-refractivity contribution >= 4 is 21.7 Å². The van der Waals surface area contributed by atoms with Gasteiger partial charge in [0, 0.05) is 42.9 Å². The highest BCUT2D eigenvalue weighted by atomic mass is 79.9. The monoisotopic (exact) mass is 340 g/mol. The predicted octanol–water partition coefficient (Wildman–Crippen LogP) is 2.40. The Hall–Kier alpha value is -0.650. The van der Waals surface area contributed by atoms with Crippen molar-refractivity contribution in [2.75, 3.05) is 37.6 Å². The predicted molar refractivity (Wildman–Crippen MR) is 88.2 cm³/mol. The fourth-order valence-electron chi connectivity index (χ4n) is 2.85. The highest BCUT2D eigenvalue weighted by Gasteiger charge is 2.23. The van der Waals surface area contributed by atoms with E-state index in [0.717, 1.165) is 49.4 Å². The average molecular weight is 341 g/mol. The third-order valence-electron chi connectivity index (χ3n) is 4.16. The van der Waals surface area contributed by atoms with E-state index in [-0.39, 0.29) is 0 Å². The molecule has 0 spiro atoms. The molecule has 112 valence electrons. The Labute approximate surface area is 130 Å². The van der Waals surface area contributed by atoms with Gasteiger partial charge in [-0.3, -0.25) is 4.90 Å². The van der Waals surface area contributed by atoms with Crippen molar-refractivity contribution in [1.29, 1.82) is 0 Å². The lowest BCUT2D eigenvalue weighted by molar-refractivity contribution is 0.173. The van der Waals surface area contributed by atoms with Crippen molar-refractivity contribution in [1.82, 2.24) is 9.88 Å². The van der Waals surface area contributed by atoms with E-state index in [2.05, 4.69) is 50.6 Å². The summed E-state index contributed by atoms with van der Waals surface area (Å²) < 4.78 is 1.08. The molecule has 0 aliphatic carbocycles. The first-order chi connectivity index (χ1) is 9.65. The van der Waals surface area contributed by atoms with Gasteiger partial charge in [-0.1, -0.05) is 6.92 Å². The maximum Gasteiger partial charge on any atom is 0.128 e. The van der Waals surface area contributed by atoms with Gasteiger partial charge in [-0.25, -0.2) is 4.98 Å². The number of aromatic nitrogens is 1. The summed E-state index contributed by atoms with van der Waals surface area (Å²) in [5.74, 6) is 1.09. The second kappa shape index (κ2) is 7.38. The number of hydrogen-bond acceptors (Lipinski definition) is 4. The molecule has 2 N–H and O–H groups in total. The average Bonchev–Trinajstić information content (AvgIpc) is 2.48. The third kappa shape index (κ3) is 3.71. The zero-order chi connectivity index (χ0) is 14.5. The Kier molecular flexibility index (Phi) is 5.81. The molecule has 1 atom stereocenters. The van der Waals surface area contributed by atoms with E-state index < -0.39 is 0 Å². The van der Waals surface area contributed by atoms with E-state index in [1.807, 2.05) is 6.20 Å². The van der Waals surface area contributed by atoms with Crippen LogP contribution in [0, 0.1) is 6.92 Å². The van der Waals surface area contributed by atoms with Gasteiger partial charge in [0.25, 0.3) is 0 Å². The standard InChI is InChI=1S/C15H25BrN4/c1-3-13(4-5-17)19-6-8-20(9-7-19)15-10-12(2)14(16)11-18-15/h10-11,13H,3-9,17H2,1-2H3. The normalized spacial score (nSPS) is 18.3. The summed E-state index contributed by atoms with van der Waals surface area (Å²) in [6.07, 6.45) is 4.19. The van der Waals surface area contributed by atoms with E-state index in [1.54, 1.807) is 0 Å². The zero-order valence-corrected chi connectivity index (χ0v) is 14.1. The van der Waals surface area contributed by atoms with Crippen LogP contribution >= 0.6 is 15.9 Å². The van der Waals surface area contributed by atoms with Crippen LogP contribution < -0.4 is 10.6 Å². The molecule has 0 amide bonds. The zero-order valence-electron chi connectivity index (χ0n) is 12.5. The summed E-state index contributed by atoms with van der Waals surface area (Å²) in [7, 11) is 0. The minimum absolute atomic E-state index is 0.641. The fraction of sp³-hybridized carbons (Fsp3) is 0.667. The molecule has 5 heteroatoms. The molecule has 1 aromatic rings. The second-order valence-electron chi connectivity index (χ2n) is 5.45. The Morgan fingerprint density at radius 2 is 2.05 bits per heavy atom. The van der Waals surface area contributed by atoms with Crippen LogP contribution in [0.2, 0.25) is 0 Å². The van der Waals surface area contributed by atoms with Crippen LogP contribution in [0.4, 0.5) is 5.82 Å². The van der Waals surface area contributed by atoms with Crippen LogP contribution in [0.25, 0.3) is 0 Å². The molecule has 1 saturated heterocycles. The van der Waals surface area contributed by atoms with E-state index in [0.29, 0.717) is 6.04 Å². The Morgan fingerprint density at radius 1 is 1.35 bits per heavy atom. The van der Waals surface area contributed by atoms with Crippen LogP contribution in [0.15, 0.2) is 16.7 Å². The molecule has 0 saturated carbocycles. The van der Waals surface area contributed by atoms with Crippen LogP contribution in [0.1, 0.15) is 25.3 Å². The molecule has 1 aliphatic rings. The summed E-state index contributed by atoms with van der Waals surface area (Å²) in [6, 6.07) is 2.80. The molecule has 1 aliphatic heterocycles. The Balaban J connectivity index is 1.95. The number of aryl methyl sites for hydroxylation is 1. The third-order valence-corrected chi connectivity index (χ3v) is 4.99. The molecule has 1 aromatic heterocycles. The molecule has 1 unspecified atom stereocenters. The molecule has 1 fully saturated rings. The van der Waals surface area contributed by atoms with Crippen molar-refractivity contribution < 1.29 is 0 Å². The van der Waals surface area contributed by atoms with Gasteiger partial charge in [0.05, 0.1) is 0 Å². The van der Waals surface area contributed by atoms with Gasteiger partial charge in [-0.2, -0.15) is 0 Å². The van der Waals surface area contributed by atoms with Crippen molar-refractivity contribution in [2.24, 2.45) is 5.73 Å². The van der Waals surface area contributed by atoms with Crippen LogP contribution in [-0.2, 0) is 0 Å². The lowest BCUT2D eigenvalue weighted by atomic mass is 10.1. The van der Waals surface area contributed by atoms with Crippen LogP contribution in [-0.4, -0.2) is 48.6 Å². The smallest absolute Gasteiger partial charge is 0.128 e. The van der Waals surface area contributed by atoms with Crippen LogP contribution in [0.3, 0.4) is 0 Å². The Morgan fingerprint density at radius 3 is 2.60 bits per heavy atom. The molecule has 0 aromatic carbocycles. The molecular formula is C15H25BrN4. The summed E-state index contributed by atoms with van der Waals surface area (Å²) in [4.78, 5) is 9.49.